The molecule has 42 heavy (non-hydrogen) atoms. The third kappa shape index (κ3) is 7.59. The number of hydrogen-bond donors (Lipinski definition) is 1. The van der Waals surface area contributed by atoms with Gasteiger partial charge in [0.25, 0.3) is 10.0 Å². The maximum Gasteiger partial charge on any atom is 0.264 e. The second-order valence-corrected chi connectivity index (χ2v) is 13.6. The normalized spacial score (nSPS) is 14.7. The first-order valence-electron chi connectivity index (χ1n) is 13.9. The second kappa shape index (κ2) is 14.1. The Labute approximate surface area is 262 Å². The van der Waals surface area contributed by atoms with Gasteiger partial charge >= 0.3 is 0 Å². The molecule has 1 fully saturated rings. The van der Waals surface area contributed by atoms with Crippen molar-refractivity contribution in [2.45, 2.75) is 69.5 Å². The van der Waals surface area contributed by atoms with E-state index in [1.54, 1.807) is 68.4 Å². The number of nitrogens with one attached hydrogen (secondary N) is 1. The van der Waals surface area contributed by atoms with Gasteiger partial charge in [0.1, 0.15) is 12.6 Å². The SMILES string of the molecule is Cc1c(Cl)cccc1N(CC(=O)N(Cc1ccc(Cl)c(Cl)c1)[C@H](C)C(=O)NC1CCCCC1)S(=O)(=O)c1ccccc1. The first-order valence-corrected chi connectivity index (χ1v) is 16.4. The maximum atomic E-state index is 14.1. The van der Waals surface area contributed by atoms with Crippen LogP contribution in [0.5, 0.6) is 0 Å². The molecule has 0 bridgehead atoms. The van der Waals surface area contributed by atoms with Crippen molar-refractivity contribution in [2.75, 3.05) is 10.8 Å². The Morgan fingerprint density at radius 1 is 0.905 bits per heavy atom. The molecule has 1 saturated carbocycles. The van der Waals surface area contributed by atoms with Gasteiger partial charge in [-0.15, -0.1) is 0 Å². The molecule has 4 rings (SSSR count). The monoisotopic (exact) mass is 649 g/mol. The molecule has 1 aliphatic rings. The lowest BCUT2D eigenvalue weighted by atomic mass is 9.95. The molecule has 1 aliphatic carbocycles. The van der Waals surface area contributed by atoms with Gasteiger partial charge < -0.3 is 10.2 Å². The van der Waals surface area contributed by atoms with Gasteiger partial charge in [-0.25, -0.2) is 8.42 Å². The van der Waals surface area contributed by atoms with E-state index in [-0.39, 0.29) is 29.1 Å². The van der Waals surface area contributed by atoms with Crippen molar-refractivity contribution in [3.63, 3.8) is 0 Å². The Hall–Kier alpha value is -2.78. The Morgan fingerprint density at radius 3 is 2.26 bits per heavy atom. The molecule has 0 unspecified atom stereocenters. The summed E-state index contributed by atoms with van der Waals surface area (Å²) >= 11 is 18.7. The molecule has 0 radical (unpaired) electrons. The molecule has 0 spiro atoms. The number of carbonyl (C=O) groups excluding carboxylic acids is 2. The van der Waals surface area contributed by atoms with Gasteiger partial charge in [-0.05, 0) is 74.2 Å². The molecule has 0 aromatic heterocycles. The molecule has 1 atom stereocenters. The number of nitrogens with zero attached hydrogens (tertiary/aromatic N) is 2. The van der Waals surface area contributed by atoms with Crippen LogP contribution in [0.3, 0.4) is 0 Å². The number of carbonyl (C=O) groups is 2. The van der Waals surface area contributed by atoms with Crippen LogP contribution in [0.1, 0.15) is 50.2 Å². The molecule has 2 amide bonds. The van der Waals surface area contributed by atoms with Gasteiger partial charge in [-0.2, -0.15) is 0 Å². The summed E-state index contributed by atoms with van der Waals surface area (Å²) in [7, 11) is -4.19. The number of rotatable bonds is 10. The van der Waals surface area contributed by atoms with E-state index in [9.17, 15) is 18.0 Å². The van der Waals surface area contributed by atoms with E-state index >= 15 is 0 Å². The Kier molecular flexibility index (Phi) is 10.8. The van der Waals surface area contributed by atoms with Crippen molar-refractivity contribution < 1.29 is 18.0 Å². The summed E-state index contributed by atoms with van der Waals surface area (Å²) in [5.41, 5.74) is 1.42. The van der Waals surface area contributed by atoms with Crippen LogP contribution in [-0.2, 0) is 26.2 Å². The third-order valence-electron chi connectivity index (χ3n) is 7.57. The summed E-state index contributed by atoms with van der Waals surface area (Å²) in [5, 5.41) is 4.12. The van der Waals surface area contributed by atoms with Crippen LogP contribution in [0.4, 0.5) is 5.69 Å². The lowest BCUT2D eigenvalue weighted by molar-refractivity contribution is -0.139. The van der Waals surface area contributed by atoms with Gasteiger partial charge in [0.15, 0.2) is 0 Å². The van der Waals surface area contributed by atoms with Crippen LogP contribution in [0.25, 0.3) is 0 Å². The standard InChI is InChI=1S/C31H34Cl3N3O4S/c1-21-26(32)14-9-15-29(21)37(42(40,41)25-12-7-4-8-13-25)20-30(38)36(19-23-16-17-27(33)28(34)18-23)22(2)31(39)35-24-10-5-3-6-11-24/h4,7-9,12-18,22,24H,3,5-6,10-11,19-20H2,1-2H3,(H,35,39)/t22-/m1/s1. The topological polar surface area (TPSA) is 86.8 Å². The van der Waals surface area contributed by atoms with E-state index in [1.807, 2.05) is 0 Å². The van der Waals surface area contributed by atoms with Crippen molar-refractivity contribution in [1.29, 1.82) is 0 Å². The lowest BCUT2D eigenvalue weighted by Gasteiger charge is -2.33. The van der Waals surface area contributed by atoms with Gasteiger partial charge in [0.2, 0.25) is 11.8 Å². The Morgan fingerprint density at radius 2 is 1.60 bits per heavy atom. The largest absolute Gasteiger partial charge is 0.352 e. The molecule has 1 N–H and O–H groups in total. The Balaban J connectivity index is 1.71. The predicted octanol–water partition coefficient (Wildman–Crippen LogP) is 7.02. The minimum Gasteiger partial charge on any atom is -0.352 e. The minimum atomic E-state index is -4.19. The van der Waals surface area contributed by atoms with Crippen molar-refractivity contribution in [2.24, 2.45) is 0 Å². The van der Waals surface area contributed by atoms with Crippen molar-refractivity contribution in [3.8, 4) is 0 Å². The van der Waals surface area contributed by atoms with E-state index in [0.29, 0.717) is 26.2 Å². The number of amides is 2. The molecule has 0 saturated heterocycles. The highest BCUT2D eigenvalue weighted by Crippen LogP contribution is 2.31. The van der Waals surface area contributed by atoms with E-state index in [2.05, 4.69) is 5.32 Å². The summed E-state index contributed by atoms with van der Waals surface area (Å²) in [4.78, 5) is 29.0. The average Bonchev–Trinajstić information content (AvgIpc) is 2.98. The zero-order chi connectivity index (χ0) is 30.4. The highest BCUT2D eigenvalue weighted by molar-refractivity contribution is 7.92. The molecule has 7 nitrogen and oxygen atoms in total. The van der Waals surface area contributed by atoms with Crippen LogP contribution in [0, 0.1) is 6.92 Å². The third-order valence-corrected chi connectivity index (χ3v) is 10.5. The average molecular weight is 651 g/mol. The first-order chi connectivity index (χ1) is 20.0. The van der Waals surface area contributed by atoms with E-state index in [1.165, 1.54) is 17.0 Å². The molecule has 3 aromatic carbocycles. The number of benzene rings is 3. The fourth-order valence-corrected chi connectivity index (χ4v) is 7.07. The van der Waals surface area contributed by atoms with Crippen molar-refractivity contribution in [3.05, 3.63) is 92.9 Å². The van der Waals surface area contributed by atoms with Crippen LogP contribution in [0.2, 0.25) is 15.1 Å². The predicted molar refractivity (Wildman–Crippen MR) is 169 cm³/mol. The summed E-state index contributed by atoms with van der Waals surface area (Å²) in [6.45, 7) is 2.81. The van der Waals surface area contributed by atoms with Crippen LogP contribution >= 0.6 is 34.8 Å². The molecular formula is C31H34Cl3N3O4S. The van der Waals surface area contributed by atoms with Crippen molar-refractivity contribution in [1.82, 2.24) is 10.2 Å². The van der Waals surface area contributed by atoms with Crippen LogP contribution in [0.15, 0.2) is 71.6 Å². The summed E-state index contributed by atoms with van der Waals surface area (Å²) < 4.78 is 29.0. The highest BCUT2D eigenvalue weighted by Gasteiger charge is 2.34. The van der Waals surface area contributed by atoms with E-state index < -0.39 is 28.5 Å². The number of hydrogen-bond acceptors (Lipinski definition) is 4. The molecular weight excluding hydrogens is 617 g/mol. The molecule has 0 heterocycles. The summed E-state index contributed by atoms with van der Waals surface area (Å²) in [6.07, 6.45) is 4.98. The molecule has 224 valence electrons. The quantitative estimate of drug-likeness (QED) is 0.256. The Bertz CT molecular complexity index is 1530. The fourth-order valence-electron chi connectivity index (χ4n) is 5.09. The first kappa shape index (κ1) is 32.1. The van der Waals surface area contributed by atoms with Gasteiger partial charge in [0.05, 0.1) is 20.6 Å². The zero-order valence-corrected chi connectivity index (χ0v) is 26.6. The number of sulfonamides is 1. The minimum absolute atomic E-state index is 0.0166. The van der Waals surface area contributed by atoms with Gasteiger partial charge in [0, 0.05) is 17.6 Å². The van der Waals surface area contributed by atoms with Crippen LogP contribution in [-0.4, -0.2) is 43.8 Å². The maximum absolute atomic E-state index is 14.1. The van der Waals surface area contributed by atoms with Crippen molar-refractivity contribution >= 4 is 62.3 Å². The lowest BCUT2D eigenvalue weighted by Crippen LogP contribution is -2.53. The van der Waals surface area contributed by atoms with Gasteiger partial charge in [-0.3, -0.25) is 13.9 Å². The highest BCUT2D eigenvalue weighted by atomic mass is 35.5. The fraction of sp³-hybridized carbons (Fsp3) is 0.355. The summed E-state index contributed by atoms with van der Waals surface area (Å²) in [6, 6.07) is 16.9. The molecule has 3 aromatic rings. The number of halogens is 3. The van der Waals surface area contributed by atoms with Gasteiger partial charge in [-0.1, -0.05) is 84.4 Å². The van der Waals surface area contributed by atoms with E-state index in [0.717, 1.165) is 36.4 Å². The molecule has 11 heteroatoms. The van der Waals surface area contributed by atoms with Crippen LogP contribution < -0.4 is 9.62 Å². The molecule has 0 aliphatic heterocycles. The van der Waals surface area contributed by atoms with E-state index in [4.69, 9.17) is 34.8 Å². The second-order valence-electron chi connectivity index (χ2n) is 10.5. The smallest absolute Gasteiger partial charge is 0.264 e. The number of anilines is 1. The zero-order valence-electron chi connectivity index (χ0n) is 23.5. The summed E-state index contributed by atoms with van der Waals surface area (Å²) in [5.74, 6) is -0.863.